The van der Waals surface area contributed by atoms with E-state index in [-0.39, 0.29) is 0 Å². The number of benzene rings is 1. The number of rotatable bonds is 9. The summed E-state index contributed by atoms with van der Waals surface area (Å²) in [5.41, 5.74) is 1.02. The van der Waals surface area contributed by atoms with Gasteiger partial charge in [0.1, 0.15) is 17.6 Å². The maximum absolute atomic E-state index is 12.5. The SMILES string of the molecule is COc1ccc(-c2cc(C(=O)N[C@@H](CCSC)C(=O)O)c(C)o2)cc1OC. The Morgan fingerprint density at radius 1 is 1.22 bits per heavy atom. The molecule has 146 valence electrons. The summed E-state index contributed by atoms with van der Waals surface area (Å²) in [5, 5.41) is 11.8. The molecule has 27 heavy (non-hydrogen) atoms. The van der Waals surface area contributed by atoms with Crippen molar-refractivity contribution in [1.82, 2.24) is 5.32 Å². The zero-order valence-electron chi connectivity index (χ0n) is 15.7. The van der Waals surface area contributed by atoms with Crippen LogP contribution in [0.2, 0.25) is 0 Å². The number of amides is 1. The monoisotopic (exact) mass is 393 g/mol. The molecule has 0 saturated heterocycles. The topological polar surface area (TPSA) is 98.0 Å². The fourth-order valence-corrected chi connectivity index (χ4v) is 3.04. The number of carbonyl (C=O) groups is 2. The van der Waals surface area contributed by atoms with Crippen LogP contribution < -0.4 is 14.8 Å². The summed E-state index contributed by atoms with van der Waals surface area (Å²) >= 11 is 1.53. The molecule has 1 aromatic carbocycles. The number of nitrogens with one attached hydrogen (secondary N) is 1. The Hall–Kier alpha value is -2.61. The molecule has 2 aromatic rings. The summed E-state index contributed by atoms with van der Waals surface area (Å²) in [6.45, 7) is 1.66. The molecule has 0 aliphatic carbocycles. The number of aliphatic carboxylic acids is 1. The van der Waals surface area contributed by atoms with E-state index in [1.54, 1.807) is 38.3 Å². The summed E-state index contributed by atoms with van der Waals surface area (Å²) in [6.07, 6.45) is 2.23. The van der Waals surface area contributed by atoms with E-state index in [9.17, 15) is 14.7 Å². The van der Waals surface area contributed by atoms with Crippen molar-refractivity contribution >= 4 is 23.6 Å². The van der Waals surface area contributed by atoms with E-state index in [4.69, 9.17) is 13.9 Å². The predicted octanol–water partition coefficient (Wildman–Crippen LogP) is 3.21. The largest absolute Gasteiger partial charge is 0.493 e. The number of carbonyl (C=O) groups excluding carboxylic acids is 1. The van der Waals surface area contributed by atoms with Crippen LogP contribution in [0.25, 0.3) is 11.3 Å². The Balaban J connectivity index is 2.25. The molecule has 0 radical (unpaired) electrons. The average molecular weight is 393 g/mol. The standard InChI is InChI=1S/C19H23NO6S/c1-11-13(18(21)20-14(19(22)23)7-8-27-4)10-16(26-11)12-5-6-15(24-2)17(9-12)25-3/h5-6,9-10,14H,7-8H2,1-4H3,(H,20,21)(H,22,23)/t14-/m0/s1. The molecular weight excluding hydrogens is 370 g/mol. The van der Waals surface area contributed by atoms with Gasteiger partial charge in [0.05, 0.1) is 19.8 Å². The smallest absolute Gasteiger partial charge is 0.326 e. The van der Waals surface area contributed by atoms with Gasteiger partial charge in [-0.15, -0.1) is 0 Å². The zero-order chi connectivity index (χ0) is 20.0. The highest BCUT2D eigenvalue weighted by Gasteiger charge is 2.23. The van der Waals surface area contributed by atoms with Crippen LogP contribution in [0.5, 0.6) is 11.5 Å². The lowest BCUT2D eigenvalue weighted by Gasteiger charge is -2.13. The maximum Gasteiger partial charge on any atom is 0.326 e. The minimum atomic E-state index is -1.06. The molecule has 0 fully saturated rings. The van der Waals surface area contributed by atoms with Gasteiger partial charge in [-0.3, -0.25) is 4.79 Å². The molecule has 0 bridgehead atoms. The van der Waals surface area contributed by atoms with Crippen molar-refractivity contribution in [3.63, 3.8) is 0 Å². The number of methoxy groups -OCH3 is 2. The van der Waals surface area contributed by atoms with Crippen LogP contribution in [0.1, 0.15) is 22.5 Å². The van der Waals surface area contributed by atoms with Crippen LogP contribution in [0, 0.1) is 6.92 Å². The van der Waals surface area contributed by atoms with Gasteiger partial charge in [-0.1, -0.05) is 0 Å². The first-order chi connectivity index (χ1) is 12.9. The van der Waals surface area contributed by atoms with E-state index in [0.29, 0.717) is 46.3 Å². The average Bonchev–Trinajstić information content (AvgIpc) is 3.05. The molecule has 7 nitrogen and oxygen atoms in total. The lowest BCUT2D eigenvalue weighted by molar-refractivity contribution is -0.139. The van der Waals surface area contributed by atoms with Gasteiger partial charge < -0.3 is 24.3 Å². The minimum Gasteiger partial charge on any atom is -0.493 e. The molecule has 0 aliphatic rings. The molecule has 8 heteroatoms. The van der Waals surface area contributed by atoms with E-state index in [1.807, 2.05) is 6.26 Å². The Morgan fingerprint density at radius 2 is 1.93 bits per heavy atom. The van der Waals surface area contributed by atoms with Gasteiger partial charge in [-0.25, -0.2) is 4.79 Å². The highest BCUT2D eigenvalue weighted by Crippen LogP contribution is 2.34. The quantitative estimate of drug-likeness (QED) is 0.675. The normalized spacial score (nSPS) is 11.7. The van der Waals surface area contributed by atoms with Crippen LogP contribution in [0.4, 0.5) is 0 Å². The second-order valence-corrected chi connectivity index (χ2v) is 6.78. The third-order valence-electron chi connectivity index (χ3n) is 4.04. The molecule has 0 saturated carbocycles. The number of carboxylic acid groups (broad SMARTS) is 1. The molecule has 1 amide bonds. The van der Waals surface area contributed by atoms with Gasteiger partial charge in [0, 0.05) is 5.56 Å². The lowest BCUT2D eigenvalue weighted by atomic mass is 10.1. The van der Waals surface area contributed by atoms with Gasteiger partial charge in [-0.2, -0.15) is 11.8 Å². The first-order valence-corrected chi connectivity index (χ1v) is 9.66. The Labute approximate surface area is 162 Å². The summed E-state index contributed by atoms with van der Waals surface area (Å²) in [7, 11) is 3.08. The fourth-order valence-electron chi connectivity index (χ4n) is 2.57. The van der Waals surface area contributed by atoms with Crippen LogP contribution >= 0.6 is 11.8 Å². The summed E-state index contributed by atoms with van der Waals surface area (Å²) in [4.78, 5) is 23.9. The van der Waals surface area contributed by atoms with E-state index < -0.39 is 17.9 Å². The summed E-state index contributed by atoms with van der Waals surface area (Å²) < 4.78 is 16.2. The number of hydrogen-bond acceptors (Lipinski definition) is 6. The van der Waals surface area contributed by atoms with Crippen molar-refractivity contribution in [1.29, 1.82) is 0 Å². The van der Waals surface area contributed by atoms with E-state index in [0.717, 1.165) is 0 Å². The molecule has 2 rings (SSSR count). The third-order valence-corrected chi connectivity index (χ3v) is 4.69. The predicted molar refractivity (Wildman–Crippen MR) is 104 cm³/mol. The number of thioether (sulfide) groups is 1. The maximum atomic E-state index is 12.5. The van der Waals surface area contributed by atoms with Crippen LogP contribution in [0.3, 0.4) is 0 Å². The minimum absolute atomic E-state index is 0.301. The van der Waals surface area contributed by atoms with Crippen molar-refractivity contribution in [2.45, 2.75) is 19.4 Å². The highest BCUT2D eigenvalue weighted by atomic mass is 32.2. The number of carboxylic acids is 1. The number of ether oxygens (including phenoxy) is 2. The number of hydrogen-bond donors (Lipinski definition) is 2. The Morgan fingerprint density at radius 3 is 2.52 bits per heavy atom. The second-order valence-electron chi connectivity index (χ2n) is 5.80. The van der Waals surface area contributed by atoms with Crippen molar-refractivity contribution < 1.29 is 28.6 Å². The summed E-state index contributed by atoms with van der Waals surface area (Å²) in [5.74, 6) is 1.12. The molecule has 2 N–H and O–H groups in total. The number of aryl methyl sites for hydroxylation is 1. The molecular formula is C19H23NO6S. The zero-order valence-corrected chi connectivity index (χ0v) is 16.5. The second kappa shape index (κ2) is 9.36. The van der Waals surface area contributed by atoms with Crippen LogP contribution in [-0.2, 0) is 4.79 Å². The molecule has 1 aromatic heterocycles. The van der Waals surface area contributed by atoms with Crippen LogP contribution in [0.15, 0.2) is 28.7 Å². The fraction of sp³-hybridized carbons (Fsp3) is 0.368. The summed E-state index contributed by atoms with van der Waals surface area (Å²) in [6, 6.07) is 5.94. The van der Waals surface area contributed by atoms with E-state index in [2.05, 4.69) is 5.32 Å². The van der Waals surface area contributed by atoms with Crippen molar-refractivity contribution in [2.24, 2.45) is 0 Å². The first kappa shape index (κ1) is 20.7. The van der Waals surface area contributed by atoms with Crippen molar-refractivity contribution in [3.8, 4) is 22.8 Å². The number of furan rings is 1. The van der Waals surface area contributed by atoms with Crippen molar-refractivity contribution in [2.75, 3.05) is 26.2 Å². The molecule has 1 atom stereocenters. The van der Waals surface area contributed by atoms with Crippen molar-refractivity contribution in [3.05, 3.63) is 35.6 Å². The van der Waals surface area contributed by atoms with E-state index in [1.165, 1.54) is 18.9 Å². The van der Waals surface area contributed by atoms with Gasteiger partial charge >= 0.3 is 5.97 Å². The van der Waals surface area contributed by atoms with Gasteiger partial charge in [-0.05, 0) is 49.6 Å². The van der Waals surface area contributed by atoms with Gasteiger partial charge in [0.15, 0.2) is 11.5 Å². The van der Waals surface area contributed by atoms with Crippen LogP contribution in [-0.4, -0.2) is 49.3 Å². The molecule has 1 heterocycles. The highest BCUT2D eigenvalue weighted by molar-refractivity contribution is 7.98. The Bertz CT molecular complexity index is 817. The third kappa shape index (κ3) is 4.97. The molecule has 0 unspecified atom stereocenters. The van der Waals surface area contributed by atoms with E-state index >= 15 is 0 Å². The lowest BCUT2D eigenvalue weighted by Crippen LogP contribution is -2.41. The first-order valence-electron chi connectivity index (χ1n) is 8.26. The van der Waals surface area contributed by atoms with Gasteiger partial charge in [0.2, 0.25) is 0 Å². The molecule has 0 aliphatic heterocycles. The van der Waals surface area contributed by atoms with Gasteiger partial charge in [0.25, 0.3) is 5.91 Å². The molecule has 0 spiro atoms. The Kier molecular flexibility index (Phi) is 7.18.